The quantitative estimate of drug-likeness (QED) is 0.677. The van der Waals surface area contributed by atoms with Crippen LogP contribution in [0.25, 0.3) is 0 Å². The molecular weight excluding hydrogens is 286 g/mol. The van der Waals surface area contributed by atoms with Crippen molar-refractivity contribution >= 4 is 17.4 Å². The highest BCUT2D eigenvalue weighted by Gasteiger charge is 2.23. The van der Waals surface area contributed by atoms with Gasteiger partial charge in [0.15, 0.2) is 0 Å². The molecule has 120 valence electrons. The van der Waals surface area contributed by atoms with Crippen LogP contribution in [-0.2, 0) is 6.42 Å². The lowest BCUT2D eigenvalue weighted by atomic mass is 10.1. The fraction of sp³-hybridized carbons (Fsp3) is 0.316. The molecule has 3 N–H and O–H groups in total. The van der Waals surface area contributed by atoms with Crippen molar-refractivity contribution in [1.82, 2.24) is 5.32 Å². The number of benzene rings is 2. The Labute approximate surface area is 137 Å². The van der Waals surface area contributed by atoms with Crippen molar-refractivity contribution < 1.29 is 4.79 Å². The van der Waals surface area contributed by atoms with E-state index < -0.39 is 0 Å². The van der Waals surface area contributed by atoms with Gasteiger partial charge in [-0.1, -0.05) is 30.3 Å². The standard InChI is InChI=1S/C19H23N3O/c23-19(22-18-12-13-18)21-17-10-8-16(9-11-17)20-14-4-7-15-5-2-1-3-6-15/h1-3,5-6,8-11,18,20H,4,7,12-14H2,(H2,21,22,23). The molecule has 0 bridgehead atoms. The average molecular weight is 309 g/mol. The van der Waals surface area contributed by atoms with Crippen molar-refractivity contribution in [2.24, 2.45) is 0 Å². The van der Waals surface area contributed by atoms with Crippen LogP contribution in [0.15, 0.2) is 54.6 Å². The lowest BCUT2D eigenvalue weighted by Gasteiger charge is -2.09. The predicted molar refractivity (Wildman–Crippen MR) is 94.9 cm³/mol. The Balaban J connectivity index is 1.37. The topological polar surface area (TPSA) is 53.2 Å². The molecule has 0 spiro atoms. The summed E-state index contributed by atoms with van der Waals surface area (Å²) in [6.07, 6.45) is 4.36. The van der Waals surface area contributed by atoms with Crippen LogP contribution in [-0.4, -0.2) is 18.6 Å². The zero-order valence-corrected chi connectivity index (χ0v) is 13.2. The molecule has 1 fully saturated rings. The van der Waals surface area contributed by atoms with E-state index in [1.807, 2.05) is 30.3 Å². The molecule has 0 heterocycles. The van der Waals surface area contributed by atoms with Crippen LogP contribution in [0.5, 0.6) is 0 Å². The summed E-state index contributed by atoms with van der Waals surface area (Å²) in [5, 5.41) is 9.17. The normalized spacial score (nSPS) is 13.4. The molecule has 1 aliphatic rings. The van der Waals surface area contributed by atoms with E-state index in [-0.39, 0.29) is 6.03 Å². The number of anilines is 2. The molecule has 0 unspecified atom stereocenters. The number of aryl methyl sites for hydroxylation is 1. The van der Waals surface area contributed by atoms with Crippen molar-refractivity contribution in [3.05, 3.63) is 60.2 Å². The molecular formula is C19H23N3O. The summed E-state index contributed by atoms with van der Waals surface area (Å²) >= 11 is 0. The van der Waals surface area contributed by atoms with Gasteiger partial charge in [-0.25, -0.2) is 4.79 Å². The second kappa shape index (κ2) is 7.68. The van der Waals surface area contributed by atoms with Crippen LogP contribution < -0.4 is 16.0 Å². The van der Waals surface area contributed by atoms with Gasteiger partial charge in [0.2, 0.25) is 0 Å². The molecule has 0 aliphatic heterocycles. The van der Waals surface area contributed by atoms with Gasteiger partial charge in [-0.2, -0.15) is 0 Å². The van der Waals surface area contributed by atoms with Gasteiger partial charge < -0.3 is 16.0 Å². The van der Waals surface area contributed by atoms with Crippen molar-refractivity contribution in [2.75, 3.05) is 17.2 Å². The first kappa shape index (κ1) is 15.4. The predicted octanol–water partition coefficient (Wildman–Crippen LogP) is 4.02. The maximum absolute atomic E-state index is 11.7. The van der Waals surface area contributed by atoms with Gasteiger partial charge in [-0.15, -0.1) is 0 Å². The van der Waals surface area contributed by atoms with Crippen LogP contribution in [0.4, 0.5) is 16.2 Å². The Morgan fingerprint density at radius 3 is 2.35 bits per heavy atom. The molecule has 1 aliphatic carbocycles. The number of hydrogen-bond acceptors (Lipinski definition) is 2. The summed E-state index contributed by atoms with van der Waals surface area (Å²) in [5.41, 5.74) is 3.26. The third-order valence-electron chi connectivity index (χ3n) is 3.87. The molecule has 2 aromatic rings. The van der Waals surface area contributed by atoms with E-state index in [0.717, 1.165) is 43.6 Å². The molecule has 4 nitrogen and oxygen atoms in total. The van der Waals surface area contributed by atoms with Crippen molar-refractivity contribution in [3.8, 4) is 0 Å². The average Bonchev–Trinajstić information content (AvgIpc) is 3.38. The Bertz CT molecular complexity index is 621. The van der Waals surface area contributed by atoms with E-state index in [9.17, 15) is 4.79 Å². The van der Waals surface area contributed by atoms with Crippen molar-refractivity contribution in [2.45, 2.75) is 31.7 Å². The molecule has 4 heteroatoms. The fourth-order valence-corrected chi connectivity index (χ4v) is 2.42. The molecule has 2 aromatic carbocycles. The van der Waals surface area contributed by atoms with Crippen molar-refractivity contribution in [3.63, 3.8) is 0 Å². The smallest absolute Gasteiger partial charge is 0.319 e. The summed E-state index contributed by atoms with van der Waals surface area (Å²) in [7, 11) is 0. The number of nitrogens with one attached hydrogen (secondary N) is 3. The number of urea groups is 1. The van der Waals surface area contributed by atoms with Gasteiger partial charge in [-0.05, 0) is 55.5 Å². The lowest BCUT2D eigenvalue weighted by molar-refractivity contribution is 0.251. The van der Waals surface area contributed by atoms with Crippen molar-refractivity contribution in [1.29, 1.82) is 0 Å². The van der Waals surface area contributed by atoms with E-state index in [2.05, 4.69) is 40.2 Å². The summed E-state index contributed by atoms with van der Waals surface area (Å²) in [5.74, 6) is 0. The third-order valence-corrected chi connectivity index (χ3v) is 3.87. The van der Waals surface area contributed by atoms with E-state index >= 15 is 0 Å². The van der Waals surface area contributed by atoms with E-state index in [1.54, 1.807) is 0 Å². The van der Waals surface area contributed by atoms with Gasteiger partial charge in [0.05, 0.1) is 0 Å². The highest BCUT2D eigenvalue weighted by atomic mass is 16.2. The minimum absolute atomic E-state index is 0.115. The molecule has 0 atom stereocenters. The van der Waals surface area contributed by atoms with Gasteiger partial charge in [-0.3, -0.25) is 0 Å². The Kier molecular flexibility index (Phi) is 5.14. The Morgan fingerprint density at radius 1 is 0.957 bits per heavy atom. The van der Waals surface area contributed by atoms with Crippen LogP contribution in [0.3, 0.4) is 0 Å². The zero-order valence-electron chi connectivity index (χ0n) is 13.2. The molecule has 0 radical (unpaired) electrons. The largest absolute Gasteiger partial charge is 0.385 e. The molecule has 23 heavy (non-hydrogen) atoms. The van der Waals surface area contributed by atoms with Gasteiger partial charge in [0, 0.05) is 24.0 Å². The minimum atomic E-state index is -0.115. The number of carbonyl (C=O) groups is 1. The van der Waals surface area contributed by atoms with E-state index in [0.29, 0.717) is 6.04 Å². The Morgan fingerprint density at radius 2 is 1.65 bits per heavy atom. The molecule has 0 saturated heterocycles. The summed E-state index contributed by atoms with van der Waals surface area (Å²) < 4.78 is 0. The lowest BCUT2D eigenvalue weighted by Crippen LogP contribution is -2.30. The van der Waals surface area contributed by atoms with Gasteiger partial charge >= 0.3 is 6.03 Å². The van der Waals surface area contributed by atoms with Gasteiger partial charge in [0.25, 0.3) is 0 Å². The molecule has 1 saturated carbocycles. The SMILES string of the molecule is O=C(Nc1ccc(NCCCc2ccccc2)cc1)NC1CC1. The molecule has 0 aromatic heterocycles. The highest BCUT2D eigenvalue weighted by Crippen LogP contribution is 2.19. The second-order valence-electron chi connectivity index (χ2n) is 5.97. The summed E-state index contributed by atoms with van der Waals surface area (Å²) in [4.78, 5) is 11.7. The van der Waals surface area contributed by atoms with Crippen LogP contribution >= 0.6 is 0 Å². The fourth-order valence-electron chi connectivity index (χ4n) is 2.42. The zero-order chi connectivity index (χ0) is 15.9. The first-order chi connectivity index (χ1) is 11.3. The number of carbonyl (C=O) groups excluding carboxylic acids is 1. The highest BCUT2D eigenvalue weighted by molar-refractivity contribution is 5.89. The second-order valence-corrected chi connectivity index (χ2v) is 5.97. The number of rotatable bonds is 7. The summed E-state index contributed by atoms with van der Waals surface area (Å²) in [6, 6.07) is 18.6. The minimum Gasteiger partial charge on any atom is -0.385 e. The van der Waals surface area contributed by atoms with Crippen LogP contribution in [0.2, 0.25) is 0 Å². The summed E-state index contributed by atoms with van der Waals surface area (Å²) in [6.45, 7) is 0.934. The van der Waals surface area contributed by atoms with Gasteiger partial charge in [0.1, 0.15) is 0 Å². The van der Waals surface area contributed by atoms with Crippen LogP contribution in [0, 0.1) is 0 Å². The van der Waals surface area contributed by atoms with E-state index in [1.165, 1.54) is 5.56 Å². The Hall–Kier alpha value is -2.49. The van der Waals surface area contributed by atoms with Crippen LogP contribution in [0.1, 0.15) is 24.8 Å². The molecule has 2 amide bonds. The first-order valence-corrected chi connectivity index (χ1v) is 8.25. The maximum Gasteiger partial charge on any atom is 0.319 e. The number of hydrogen-bond donors (Lipinski definition) is 3. The monoisotopic (exact) mass is 309 g/mol. The molecule has 3 rings (SSSR count). The number of amides is 2. The maximum atomic E-state index is 11.7. The first-order valence-electron chi connectivity index (χ1n) is 8.25. The third kappa shape index (κ3) is 5.33. The van der Waals surface area contributed by atoms with E-state index in [4.69, 9.17) is 0 Å².